The number of piperazine rings is 1. The molecule has 1 amide bonds. The average Bonchev–Trinajstić information content (AvgIpc) is 2.30. The second kappa shape index (κ2) is 12.0. The van der Waals surface area contributed by atoms with Crippen LogP contribution >= 0.6 is 24.8 Å². The van der Waals surface area contributed by atoms with E-state index in [9.17, 15) is 4.79 Å². The highest BCUT2D eigenvalue weighted by Gasteiger charge is 2.19. The molecule has 1 saturated heterocycles. The van der Waals surface area contributed by atoms with E-state index in [4.69, 9.17) is 10.5 Å². The van der Waals surface area contributed by atoms with Gasteiger partial charge in [-0.15, -0.1) is 24.8 Å². The number of carbonyl (C=O) groups excluding carboxylic acids is 1. The number of nitrogens with two attached hydrogens (primary N) is 1. The molecular formula is C11H25Cl2N3O2. The van der Waals surface area contributed by atoms with Crippen molar-refractivity contribution in [3.63, 3.8) is 0 Å². The van der Waals surface area contributed by atoms with Crippen LogP contribution in [0.5, 0.6) is 0 Å². The Kier molecular flexibility index (Phi) is 13.5. The second-order valence-corrected chi connectivity index (χ2v) is 3.96. The first kappa shape index (κ1) is 20.3. The van der Waals surface area contributed by atoms with E-state index in [1.54, 1.807) is 0 Å². The molecule has 0 spiro atoms. The summed E-state index contributed by atoms with van der Waals surface area (Å²) in [5, 5.41) is 0. The summed E-state index contributed by atoms with van der Waals surface area (Å²) in [5.41, 5.74) is 5.37. The summed E-state index contributed by atoms with van der Waals surface area (Å²) >= 11 is 0. The van der Waals surface area contributed by atoms with Crippen molar-refractivity contribution >= 4 is 30.7 Å². The molecule has 0 unspecified atom stereocenters. The van der Waals surface area contributed by atoms with Crippen LogP contribution in [0.3, 0.4) is 0 Å². The van der Waals surface area contributed by atoms with Crippen LogP contribution in [0.4, 0.5) is 0 Å². The minimum Gasteiger partial charge on any atom is -0.380 e. The van der Waals surface area contributed by atoms with Gasteiger partial charge in [-0.2, -0.15) is 0 Å². The first-order chi connectivity index (χ1) is 7.77. The maximum atomic E-state index is 11.6. The molecule has 0 atom stereocenters. The highest BCUT2D eigenvalue weighted by molar-refractivity contribution is 5.85. The van der Waals surface area contributed by atoms with Crippen LogP contribution in [0, 0.1) is 0 Å². The normalized spacial score (nSPS) is 15.8. The van der Waals surface area contributed by atoms with Gasteiger partial charge in [-0.3, -0.25) is 9.69 Å². The number of amides is 1. The topological polar surface area (TPSA) is 58.8 Å². The van der Waals surface area contributed by atoms with Crippen molar-refractivity contribution in [2.24, 2.45) is 5.73 Å². The van der Waals surface area contributed by atoms with Crippen LogP contribution in [0.1, 0.15) is 13.3 Å². The van der Waals surface area contributed by atoms with Gasteiger partial charge in [0.1, 0.15) is 0 Å². The number of hydrogen-bond donors (Lipinski definition) is 1. The Morgan fingerprint density at radius 1 is 1.22 bits per heavy atom. The first-order valence-electron chi connectivity index (χ1n) is 6.06. The predicted molar refractivity (Wildman–Crippen MR) is 77.7 cm³/mol. The number of hydrogen-bond acceptors (Lipinski definition) is 4. The highest BCUT2D eigenvalue weighted by Crippen LogP contribution is 2.03. The van der Waals surface area contributed by atoms with Gasteiger partial charge in [0.05, 0.1) is 6.61 Å². The van der Waals surface area contributed by atoms with E-state index in [0.717, 1.165) is 45.9 Å². The number of carbonyl (C=O) groups is 1. The fourth-order valence-corrected chi connectivity index (χ4v) is 1.84. The maximum absolute atomic E-state index is 11.6. The Bertz CT molecular complexity index is 212. The molecular weight excluding hydrogens is 277 g/mol. The first-order valence-corrected chi connectivity index (χ1v) is 6.06. The Balaban J connectivity index is 0. The van der Waals surface area contributed by atoms with Crippen molar-refractivity contribution in [3.8, 4) is 0 Å². The Labute approximate surface area is 122 Å². The van der Waals surface area contributed by atoms with E-state index in [1.807, 2.05) is 11.8 Å². The summed E-state index contributed by atoms with van der Waals surface area (Å²) in [7, 11) is 0. The molecule has 18 heavy (non-hydrogen) atoms. The third kappa shape index (κ3) is 7.38. The number of nitrogens with zero attached hydrogens (tertiary/aromatic N) is 2. The summed E-state index contributed by atoms with van der Waals surface area (Å²) in [5.74, 6) is 0.187. The molecule has 1 aliphatic rings. The zero-order valence-electron chi connectivity index (χ0n) is 11.0. The largest absolute Gasteiger partial charge is 0.380 e. The third-order valence-corrected chi connectivity index (χ3v) is 2.84. The van der Waals surface area contributed by atoms with Crippen molar-refractivity contribution < 1.29 is 9.53 Å². The van der Waals surface area contributed by atoms with Crippen LogP contribution in [0.15, 0.2) is 0 Å². The fraction of sp³-hybridized carbons (Fsp3) is 0.909. The van der Waals surface area contributed by atoms with E-state index < -0.39 is 0 Å². The summed E-state index contributed by atoms with van der Waals surface area (Å²) in [6, 6.07) is 0. The number of halogens is 2. The van der Waals surface area contributed by atoms with Crippen LogP contribution in [-0.2, 0) is 9.53 Å². The molecule has 1 aliphatic heterocycles. The van der Waals surface area contributed by atoms with Crippen molar-refractivity contribution in [2.75, 3.05) is 52.5 Å². The quantitative estimate of drug-likeness (QED) is 0.720. The molecule has 1 heterocycles. The van der Waals surface area contributed by atoms with Crippen molar-refractivity contribution in [1.29, 1.82) is 0 Å². The Morgan fingerprint density at radius 3 is 2.33 bits per heavy atom. The summed E-state index contributed by atoms with van der Waals surface area (Å²) in [4.78, 5) is 15.8. The predicted octanol–water partition coefficient (Wildman–Crippen LogP) is 0.359. The molecule has 0 aromatic heterocycles. The highest BCUT2D eigenvalue weighted by atomic mass is 35.5. The summed E-state index contributed by atoms with van der Waals surface area (Å²) in [6.45, 7) is 8.52. The van der Waals surface area contributed by atoms with Gasteiger partial charge in [-0.05, 0) is 6.92 Å². The molecule has 0 saturated carbocycles. The molecule has 1 rings (SSSR count). The van der Waals surface area contributed by atoms with E-state index in [1.165, 1.54) is 0 Å². The van der Waals surface area contributed by atoms with Crippen LogP contribution in [-0.4, -0.2) is 68.2 Å². The molecule has 110 valence electrons. The monoisotopic (exact) mass is 301 g/mol. The standard InChI is InChI=1S/C11H23N3O2.2ClH/c1-2-16-10-9-13-5-7-14(8-6-13)11(15)3-4-12;;/h2-10,12H2,1H3;2*1H. The number of rotatable bonds is 6. The molecule has 0 aromatic carbocycles. The minimum atomic E-state index is 0. The third-order valence-electron chi connectivity index (χ3n) is 2.84. The lowest BCUT2D eigenvalue weighted by Crippen LogP contribution is -2.49. The minimum absolute atomic E-state index is 0. The molecule has 0 bridgehead atoms. The lowest BCUT2D eigenvalue weighted by Gasteiger charge is -2.34. The van der Waals surface area contributed by atoms with Gasteiger partial charge in [-0.1, -0.05) is 0 Å². The van der Waals surface area contributed by atoms with Gasteiger partial charge < -0.3 is 15.4 Å². The molecule has 1 fully saturated rings. The smallest absolute Gasteiger partial charge is 0.223 e. The van der Waals surface area contributed by atoms with Gasteiger partial charge in [0.15, 0.2) is 0 Å². The van der Waals surface area contributed by atoms with E-state index in [0.29, 0.717) is 13.0 Å². The zero-order valence-corrected chi connectivity index (χ0v) is 12.6. The lowest BCUT2D eigenvalue weighted by atomic mass is 10.3. The van der Waals surface area contributed by atoms with E-state index in [2.05, 4.69) is 4.90 Å². The van der Waals surface area contributed by atoms with E-state index in [-0.39, 0.29) is 30.7 Å². The summed E-state index contributed by atoms with van der Waals surface area (Å²) in [6.07, 6.45) is 0.471. The van der Waals surface area contributed by atoms with Gasteiger partial charge in [0.2, 0.25) is 5.91 Å². The maximum Gasteiger partial charge on any atom is 0.223 e. The summed E-state index contributed by atoms with van der Waals surface area (Å²) < 4.78 is 5.31. The second-order valence-electron chi connectivity index (χ2n) is 3.96. The van der Waals surface area contributed by atoms with Gasteiger partial charge in [0.25, 0.3) is 0 Å². The lowest BCUT2D eigenvalue weighted by molar-refractivity contribution is -0.132. The molecule has 2 N–H and O–H groups in total. The van der Waals surface area contributed by atoms with Crippen molar-refractivity contribution in [3.05, 3.63) is 0 Å². The van der Waals surface area contributed by atoms with Gasteiger partial charge >= 0.3 is 0 Å². The molecule has 7 heteroatoms. The van der Waals surface area contributed by atoms with Crippen molar-refractivity contribution in [2.45, 2.75) is 13.3 Å². The molecule has 0 aliphatic carbocycles. The van der Waals surface area contributed by atoms with Crippen LogP contribution < -0.4 is 5.73 Å². The molecule has 0 radical (unpaired) electrons. The van der Waals surface area contributed by atoms with Crippen molar-refractivity contribution in [1.82, 2.24) is 9.80 Å². The Hall–Kier alpha value is -0.0700. The molecule has 0 aromatic rings. The van der Waals surface area contributed by atoms with Crippen LogP contribution in [0.25, 0.3) is 0 Å². The fourth-order valence-electron chi connectivity index (χ4n) is 1.84. The number of ether oxygens (including phenoxy) is 1. The zero-order chi connectivity index (χ0) is 11.8. The van der Waals surface area contributed by atoms with Gasteiger partial charge in [0, 0.05) is 52.3 Å². The SMILES string of the molecule is CCOCCN1CCN(C(=O)CCN)CC1.Cl.Cl. The molecule has 5 nitrogen and oxygen atoms in total. The average molecular weight is 302 g/mol. The van der Waals surface area contributed by atoms with E-state index >= 15 is 0 Å². The van der Waals surface area contributed by atoms with Gasteiger partial charge in [-0.25, -0.2) is 0 Å². The Morgan fingerprint density at radius 2 is 1.83 bits per heavy atom. The van der Waals surface area contributed by atoms with Crippen LogP contribution in [0.2, 0.25) is 0 Å².